The number of aromatic nitrogens is 2. The molecule has 0 aromatic carbocycles. The normalized spacial score (nSPS) is 25.4. The Morgan fingerprint density at radius 1 is 1.38 bits per heavy atom. The number of hydrogen-bond acceptors (Lipinski definition) is 6. The van der Waals surface area contributed by atoms with Crippen molar-refractivity contribution in [3.05, 3.63) is 16.0 Å². The van der Waals surface area contributed by atoms with E-state index in [0.717, 1.165) is 25.1 Å². The largest absolute Gasteiger partial charge is 0.501 e. The highest BCUT2D eigenvalue weighted by atomic mass is 28.3. The third-order valence-electron chi connectivity index (χ3n) is 6.10. The molecule has 2 atom stereocenters. The Balaban J connectivity index is 1.93. The molecule has 144 valence electrons. The molecular weight excluding hydrogens is 350 g/mol. The molecule has 0 radical (unpaired) electrons. The monoisotopic (exact) mass is 379 g/mol. The van der Waals surface area contributed by atoms with E-state index in [-0.39, 0.29) is 12.3 Å². The Bertz CT molecular complexity index is 786. The number of nitrogens with zero attached hydrogens (tertiary/aromatic N) is 3. The summed E-state index contributed by atoms with van der Waals surface area (Å²) in [6.07, 6.45) is 3.60. The average molecular weight is 380 g/mol. The van der Waals surface area contributed by atoms with E-state index < -0.39 is 25.4 Å². The molecule has 2 heterocycles. The zero-order chi connectivity index (χ0) is 19.3. The van der Waals surface area contributed by atoms with E-state index in [0.29, 0.717) is 11.4 Å². The van der Waals surface area contributed by atoms with Gasteiger partial charge in [0.25, 0.3) is 5.56 Å². The Labute approximate surface area is 155 Å². The predicted molar refractivity (Wildman–Crippen MR) is 103 cm³/mol. The summed E-state index contributed by atoms with van der Waals surface area (Å²) in [5.41, 5.74) is 0.179. The second-order valence-corrected chi connectivity index (χ2v) is 14.1. The van der Waals surface area contributed by atoms with Crippen LogP contribution in [0, 0.1) is 5.41 Å². The number of ether oxygens (including phenoxy) is 1. The number of aromatic hydroxyl groups is 1. The van der Waals surface area contributed by atoms with Crippen LogP contribution in [0.4, 0.5) is 5.95 Å². The molecule has 1 N–H and O–H groups in total. The van der Waals surface area contributed by atoms with E-state index in [9.17, 15) is 14.7 Å². The number of carbonyl (C=O) groups excluding carboxylic acids is 1. The summed E-state index contributed by atoms with van der Waals surface area (Å²) < 4.78 is 6.27. The van der Waals surface area contributed by atoms with Crippen LogP contribution < -0.4 is 10.5 Å². The SMILES string of the molecule is CCOC(=O)c1nc(N2CCC3(CCC3[Si](C)(C)C)C2)n(C)c(=O)c1O. The van der Waals surface area contributed by atoms with Gasteiger partial charge in [0.2, 0.25) is 11.7 Å². The Morgan fingerprint density at radius 2 is 2.08 bits per heavy atom. The van der Waals surface area contributed by atoms with Crippen molar-refractivity contribution in [3.63, 3.8) is 0 Å². The minimum Gasteiger partial charge on any atom is -0.501 e. The van der Waals surface area contributed by atoms with E-state index in [1.165, 1.54) is 17.4 Å². The van der Waals surface area contributed by atoms with Crippen molar-refractivity contribution < 1.29 is 14.6 Å². The fourth-order valence-corrected chi connectivity index (χ4v) is 8.03. The van der Waals surface area contributed by atoms with Gasteiger partial charge in [0.1, 0.15) is 0 Å². The first-order valence-electron chi connectivity index (χ1n) is 9.33. The van der Waals surface area contributed by atoms with Crippen LogP contribution >= 0.6 is 0 Å². The fraction of sp³-hybridized carbons (Fsp3) is 0.722. The zero-order valence-electron chi connectivity index (χ0n) is 16.3. The second kappa shape index (κ2) is 6.40. The van der Waals surface area contributed by atoms with Crippen LogP contribution in [0.25, 0.3) is 0 Å². The van der Waals surface area contributed by atoms with Gasteiger partial charge in [-0.2, -0.15) is 0 Å². The number of hydrogen-bond donors (Lipinski definition) is 1. The molecule has 0 amide bonds. The molecule has 1 saturated carbocycles. The standard InChI is InChI=1S/C18H29N3O4Si/c1-6-25-16(24)13-14(22)15(23)20(2)17(19-13)21-10-9-18(11-21)8-7-12(18)26(3,4)5/h12,22H,6-11H2,1-5H3. The third kappa shape index (κ3) is 2.94. The van der Waals surface area contributed by atoms with E-state index in [4.69, 9.17) is 4.74 Å². The molecule has 8 heteroatoms. The summed E-state index contributed by atoms with van der Waals surface area (Å²) in [7, 11) is 0.340. The van der Waals surface area contributed by atoms with E-state index >= 15 is 0 Å². The molecule has 0 bridgehead atoms. The van der Waals surface area contributed by atoms with Crippen LogP contribution in [-0.2, 0) is 11.8 Å². The smallest absolute Gasteiger partial charge is 0.361 e. The minimum atomic E-state index is -1.24. The maximum absolute atomic E-state index is 12.4. The minimum absolute atomic E-state index is 0.162. The van der Waals surface area contributed by atoms with Crippen LogP contribution in [0.3, 0.4) is 0 Å². The van der Waals surface area contributed by atoms with Crippen LogP contribution in [0.2, 0.25) is 25.2 Å². The first-order chi connectivity index (χ1) is 12.1. The highest BCUT2D eigenvalue weighted by molar-refractivity contribution is 6.77. The maximum atomic E-state index is 12.4. The lowest BCUT2D eigenvalue weighted by Gasteiger charge is -2.53. The van der Waals surface area contributed by atoms with Crippen LogP contribution in [0.5, 0.6) is 5.75 Å². The van der Waals surface area contributed by atoms with E-state index in [1.807, 2.05) is 0 Å². The molecule has 2 unspecified atom stereocenters. The molecule has 7 nitrogen and oxygen atoms in total. The molecule has 1 aliphatic carbocycles. The lowest BCUT2D eigenvalue weighted by atomic mass is 9.67. The summed E-state index contributed by atoms with van der Waals surface area (Å²) in [4.78, 5) is 30.9. The van der Waals surface area contributed by atoms with Crippen molar-refractivity contribution in [1.82, 2.24) is 9.55 Å². The molecule has 2 aliphatic rings. The molecule has 2 fully saturated rings. The molecule has 3 rings (SSSR count). The number of rotatable bonds is 4. The van der Waals surface area contributed by atoms with Gasteiger partial charge in [-0.3, -0.25) is 9.36 Å². The fourth-order valence-electron chi connectivity index (χ4n) is 4.81. The first kappa shape index (κ1) is 18.9. The molecule has 1 aromatic heterocycles. The van der Waals surface area contributed by atoms with Crippen molar-refractivity contribution in [1.29, 1.82) is 0 Å². The number of anilines is 1. The first-order valence-corrected chi connectivity index (χ1v) is 12.9. The summed E-state index contributed by atoms with van der Waals surface area (Å²) in [5, 5.41) is 10.0. The number of esters is 1. The van der Waals surface area contributed by atoms with Crippen molar-refractivity contribution in [2.45, 2.75) is 51.4 Å². The van der Waals surface area contributed by atoms with Gasteiger partial charge in [-0.1, -0.05) is 26.1 Å². The van der Waals surface area contributed by atoms with Crippen molar-refractivity contribution in [3.8, 4) is 5.75 Å². The second-order valence-electron chi connectivity index (χ2n) is 8.68. The molecule has 1 saturated heterocycles. The van der Waals surface area contributed by atoms with Crippen molar-refractivity contribution >= 4 is 20.0 Å². The predicted octanol–water partition coefficient (Wildman–Crippen LogP) is 2.36. The Hall–Kier alpha value is -1.83. The third-order valence-corrected chi connectivity index (χ3v) is 9.09. The highest BCUT2D eigenvalue weighted by Gasteiger charge is 2.55. The highest BCUT2D eigenvalue weighted by Crippen LogP contribution is 2.60. The molecule has 1 aromatic rings. The van der Waals surface area contributed by atoms with Gasteiger partial charge in [0.05, 0.1) is 6.61 Å². The number of carbonyl (C=O) groups is 1. The van der Waals surface area contributed by atoms with Crippen molar-refractivity contribution in [2.75, 3.05) is 24.6 Å². The molecule has 1 spiro atoms. The average Bonchev–Trinajstić information content (AvgIpc) is 2.98. The van der Waals surface area contributed by atoms with Gasteiger partial charge >= 0.3 is 5.97 Å². The van der Waals surface area contributed by atoms with E-state index in [1.54, 1.807) is 14.0 Å². The van der Waals surface area contributed by atoms with E-state index in [2.05, 4.69) is 29.5 Å². The summed E-state index contributed by atoms with van der Waals surface area (Å²) in [5.74, 6) is -0.970. The van der Waals surface area contributed by atoms with Gasteiger partial charge in [0, 0.05) is 28.2 Å². The maximum Gasteiger partial charge on any atom is 0.361 e. The topological polar surface area (TPSA) is 84.7 Å². The van der Waals surface area contributed by atoms with Gasteiger partial charge in [0.15, 0.2) is 5.69 Å². The van der Waals surface area contributed by atoms with Crippen LogP contribution in [-0.4, -0.2) is 48.4 Å². The van der Waals surface area contributed by atoms with Gasteiger partial charge < -0.3 is 14.7 Å². The lowest BCUT2D eigenvalue weighted by molar-refractivity contribution is 0.0515. The lowest BCUT2D eigenvalue weighted by Crippen LogP contribution is -2.49. The van der Waals surface area contributed by atoms with Gasteiger partial charge in [-0.25, -0.2) is 9.78 Å². The summed E-state index contributed by atoms with van der Waals surface area (Å²) >= 11 is 0. The zero-order valence-corrected chi connectivity index (χ0v) is 17.3. The Morgan fingerprint density at radius 3 is 2.62 bits per heavy atom. The summed E-state index contributed by atoms with van der Waals surface area (Å²) in [6, 6.07) is 0. The van der Waals surface area contributed by atoms with Crippen LogP contribution in [0.1, 0.15) is 36.7 Å². The van der Waals surface area contributed by atoms with Crippen molar-refractivity contribution in [2.24, 2.45) is 12.5 Å². The quantitative estimate of drug-likeness (QED) is 0.639. The van der Waals surface area contributed by atoms with Crippen LogP contribution in [0.15, 0.2) is 4.79 Å². The molecule has 26 heavy (non-hydrogen) atoms. The van der Waals surface area contributed by atoms with Gasteiger partial charge in [-0.15, -0.1) is 0 Å². The van der Waals surface area contributed by atoms with Gasteiger partial charge in [-0.05, 0) is 30.7 Å². The molecule has 1 aliphatic heterocycles. The Kier molecular flexibility index (Phi) is 4.66. The summed E-state index contributed by atoms with van der Waals surface area (Å²) in [6.45, 7) is 10.8. The molecular formula is C18H29N3O4Si.